The van der Waals surface area contributed by atoms with E-state index in [4.69, 9.17) is 4.42 Å². The second-order valence-electron chi connectivity index (χ2n) is 4.68. The van der Waals surface area contributed by atoms with Crippen molar-refractivity contribution >= 4 is 27.0 Å². The third kappa shape index (κ3) is 2.57. The van der Waals surface area contributed by atoms with Gasteiger partial charge in [0.05, 0.1) is 10.4 Å². The summed E-state index contributed by atoms with van der Waals surface area (Å²) in [5.74, 6) is -0.802. The van der Waals surface area contributed by atoms with Crippen LogP contribution >= 0.6 is 0 Å². The molecule has 0 spiro atoms. The maximum atomic E-state index is 12.6. The van der Waals surface area contributed by atoms with Gasteiger partial charge < -0.3 is 9.73 Å². The van der Waals surface area contributed by atoms with Crippen molar-refractivity contribution in [2.45, 2.75) is 11.3 Å². The van der Waals surface area contributed by atoms with E-state index in [9.17, 15) is 18.0 Å². The largest absolute Gasteiger partial charge is 0.417 e. The van der Waals surface area contributed by atoms with E-state index in [1.165, 1.54) is 22.5 Å². The number of benzene rings is 1. The summed E-state index contributed by atoms with van der Waals surface area (Å²) in [7, 11) is -3.73. The monoisotopic (exact) mass is 311 g/mol. The maximum absolute atomic E-state index is 12.6. The van der Waals surface area contributed by atoms with Gasteiger partial charge in [-0.2, -0.15) is 4.31 Å². The summed E-state index contributed by atoms with van der Waals surface area (Å²) in [6, 6.07) is 4.19. The third-order valence-corrected chi connectivity index (χ3v) is 5.20. The number of hydrogen-bond donors (Lipinski definition) is 2. The van der Waals surface area contributed by atoms with Crippen molar-refractivity contribution in [3.8, 4) is 0 Å². The highest BCUT2D eigenvalue weighted by Crippen LogP contribution is 2.20. The second-order valence-corrected chi connectivity index (χ2v) is 6.61. The molecule has 9 heteroatoms. The van der Waals surface area contributed by atoms with E-state index in [1.807, 2.05) is 0 Å². The fourth-order valence-corrected chi connectivity index (χ4v) is 3.68. The van der Waals surface area contributed by atoms with Gasteiger partial charge >= 0.3 is 5.76 Å². The highest BCUT2D eigenvalue weighted by molar-refractivity contribution is 7.89. The minimum Gasteiger partial charge on any atom is -0.408 e. The van der Waals surface area contributed by atoms with Gasteiger partial charge in [-0.3, -0.25) is 9.78 Å². The number of nitrogens with zero attached hydrogens (tertiary/aromatic N) is 1. The zero-order valence-corrected chi connectivity index (χ0v) is 11.8. The predicted octanol–water partition coefficient (Wildman–Crippen LogP) is -0.368. The second kappa shape index (κ2) is 5.01. The summed E-state index contributed by atoms with van der Waals surface area (Å²) in [5.41, 5.74) is 0.622. The molecule has 8 nitrogen and oxygen atoms in total. The summed E-state index contributed by atoms with van der Waals surface area (Å²) < 4.78 is 31.2. The van der Waals surface area contributed by atoms with Gasteiger partial charge in [0.1, 0.15) is 0 Å². The van der Waals surface area contributed by atoms with Crippen LogP contribution in [0.5, 0.6) is 0 Å². The minimum atomic E-state index is -3.73. The fraction of sp³-hybridized carbons (Fsp3) is 0.333. The van der Waals surface area contributed by atoms with Crippen LogP contribution in [0.3, 0.4) is 0 Å². The topological polar surface area (TPSA) is 112 Å². The molecule has 1 saturated heterocycles. The van der Waals surface area contributed by atoms with Gasteiger partial charge in [-0.15, -0.1) is 0 Å². The van der Waals surface area contributed by atoms with Gasteiger partial charge in [0.25, 0.3) is 0 Å². The number of amides is 1. The molecule has 2 aromatic rings. The number of aromatic amines is 1. The minimum absolute atomic E-state index is 0.0344. The average molecular weight is 311 g/mol. The van der Waals surface area contributed by atoms with Crippen molar-refractivity contribution in [1.29, 1.82) is 0 Å². The van der Waals surface area contributed by atoms with Crippen LogP contribution in [0, 0.1) is 0 Å². The van der Waals surface area contributed by atoms with Crippen molar-refractivity contribution < 1.29 is 17.6 Å². The third-order valence-electron chi connectivity index (χ3n) is 3.30. The van der Waals surface area contributed by atoms with E-state index in [0.29, 0.717) is 5.52 Å². The Labute approximate surface area is 119 Å². The Morgan fingerprint density at radius 3 is 2.81 bits per heavy atom. The molecule has 0 atom stereocenters. The molecule has 2 heterocycles. The molecule has 0 bridgehead atoms. The lowest BCUT2D eigenvalue weighted by Crippen LogP contribution is -2.34. The predicted molar refractivity (Wildman–Crippen MR) is 73.2 cm³/mol. The molecule has 1 aliphatic heterocycles. The van der Waals surface area contributed by atoms with E-state index in [2.05, 4.69) is 10.3 Å². The number of carbonyl (C=O) groups excluding carboxylic acids is 1. The lowest BCUT2D eigenvalue weighted by atomic mass is 10.3. The summed E-state index contributed by atoms with van der Waals surface area (Å²) in [6.07, 6.45) is 0.126. The number of sulfonamides is 1. The Kier molecular flexibility index (Phi) is 3.30. The number of H-pyrrole nitrogens is 1. The van der Waals surface area contributed by atoms with Crippen molar-refractivity contribution in [2.75, 3.05) is 19.6 Å². The first kappa shape index (κ1) is 13.8. The molecule has 1 aromatic carbocycles. The molecule has 1 amide bonds. The normalized spacial score (nSPS) is 17.6. The number of carbonyl (C=O) groups is 1. The van der Waals surface area contributed by atoms with Crippen molar-refractivity contribution in [3.05, 3.63) is 28.7 Å². The molecule has 1 aliphatic rings. The Morgan fingerprint density at radius 2 is 2.00 bits per heavy atom. The Balaban J connectivity index is 1.98. The zero-order valence-electron chi connectivity index (χ0n) is 11.0. The molecule has 1 fully saturated rings. The van der Waals surface area contributed by atoms with Crippen molar-refractivity contribution in [1.82, 2.24) is 14.6 Å². The number of fused-ring (bicyclic) bond motifs is 1. The van der Waals surface area contributed by atoms with Crippen LogP contribution in [0.15, 0.2) is 32.3 Å². The number of oxazole rings is 1. The van der Waals surface area contributed by atoms with Crippen LogP contribution in [-0.4, -0.2) is 43.2 Å². The molecular weight excluding hydrogens is 298 g/mol. The molecule has 0 aliphatic carbocycles. The quantitative estimate of drug-likeness (QED) is 0.786. The SMILES string of the molecule is O=C1CCN(S(=O)(=O)c2ccc3[nH]c(=O)oc3c2)CCN1. The molecule has 0 unspecified atom stereocenters. The number of hydrogen-bond acceptors (Lipinski definition) is 5. The standard InChI is InChI=1S/C12H13N3O5S/c16-11-3-5-15(6-4-13-11)21(18,19)8-1-2-9-10(7-8)20-12(17)14-9/h1-2,7H,3-6H2,(H,13,16)(H,14,17). The lowest BCUT2D eigenvalue weighted by molar-refractivity contribution is -0.120. The smallest absolute Gasteiger partial charge is 0.408 e. The van der Waals surface area contributed by atoms with Crippen LogP contribution in [0.2, 0.25) is 0 Å². The highest BCUT2D eigenvalue weighted by Gasteiger charge is 2.27. The lowest BCUT2D eigenvalue weighted by Gasteiger charge is -2.19. The zero-order chi connectivity index (χ0) is 15.0. The van der Waals surface area contributed by atoms with Gasteiger partial charge in [0.15, 0.2) is 5.58 Å². The first-order chi connectivity index (χ1) is 9.96. The van der Waals surface area contributed by atoms with E-state index in [0.717, 1.165) is 0 Å². The van der Waals surface area contributed by atoms with Crippen molar-refractivity contribution in [2.24, 2.45) is 0 Å². The summed E-state index contributed by atoms with van der Waals surface area (Å²) in [6.45, 7) is 0.617. The van der Waals surface area contributed by atoms with E-state index >= 15 is 0 Å². The first-order valence-electron chi connectivity index (χ1n) is 6.36. The number of aromatic nitrogens is 1. The van der Waals surface area contributed by atoms with E-state index in [1.54, 1.807) is 0 Å². The Hall–Kier alpha value is -2.13. The van der Waals surface area contributed by atoms with Gasteiger partial charge in [-0.25, -0.2) is 13.2 Å². The summed E-state index contributed by atoms with van der Waals surface area (Å²) >= 11 is 0. The molecule has 3 rings (SSSR count). The first-order valence-corrected chi connectivity index (χ1v) is 7.80. The molecule has 21 heavy (non-hydrogen) atoms. The van der Waals surface area contributed by atoms with Crippen LogP contribution in [0.25, 0.3) is 11.1 Å². The molecular formula is C12H13N3O5S. The molecule has 112 valence electrons. The van der Waals surface area contributed by atoms with Crippen LogP contribution in [0.1, 0.15) is 6.42 Å². The maximum Gasteiger partial charge on any atom is 0.417 e. The van der Waals surface area contributed by atoms with Crippen LogP contribution < -0.4 is 11.1 Å². The number of rotatable bonds is 2. The summed E-state index contributed by atoms with van der Waals surface area (Å²) in [5, 5.41) is 2.62. The van der Waals surface area contributed by atoms with Crippen LogP contribution in [0.4, 0.5) is 0 Å². The van der Waals surface area contributed by atoms with Crippen LogP contribution in [-0.2, 0) is 14.8 Å². The van der Waals surface area contributed by atoms with Gasteiger partial charge in [0.2, 0.25) is 15.9 Å². The fourth-order valence-electron chi connectivity index (χ4n) is 2.22. The Morgan fingerprint density at radius 1 is 1.19 bits per heavy atom. The van der Waals surface area contributed by atoms with Gasteiger partial charge in [0, 0.05) is 32.1 Å². The number of nitrogens with one attached hydrogen (secondary N) is 2. The van der Waals surface area contributed by atoms with E-state index in [-0.39, 0.29) is 42.4 Å². The summed E-state index contributed by atoms with van der Waals surface area (Å²) in [4.78, 5) is 24.9. The van der Waals surface area contributed by atoms with Gasteiger partial charge in [-0.05, 0) is 12.1 Å². The van der Waals surface area contributed by atoms with Gasteiger partial charge in [-0.1, -0.05) is 0 Å². The average Bonchev–Trinajstić information content (AvgIpc) is 2.66. The highest BCUT2D eigenvalue weighted by atomic mass is 32.2. The molecule has 0 radical (unpaired) electrons. The molecule has 1 aromatic heterocycles. The van der Waals surface area contributed by atoms with E-state index < -0.39 is 15.8 Å². The molecule has 0 saturated carbocycles. The Bertz CT molecular complexity index is 851. The van der Waals surface area contributed by atoms with Crippen molar-refractivity contribution in [3.63, 3.8) is 0 Å². The molecule has 2 N–H and O–H groups in total.